The first-order valence-electron chi connectivity index (χ1n) is 9.40. The van der Waals surface area contributed by atoms with Crippen molar-refractivity contribution in [1.29, 1.82) is 0 Å². The largest absolute Gasteiger partial charge is 0.497 e. The van der Waals surface area contributed by atoms with Crippen LogP contribution < -0.4 is 15.4 Å². The molecule has 1 aromatic heterocycles. The number of amides is 2. The maximum Gasteiger partial charge on any atom is 0.287 e. The van der Waals surface area contributed by atoms with Gasteiger partial charge in [0.05, 0.1) is 13.2 Å². The third-order valence-corrected chi connectivity index (χ3v) is 5.12. The summed E-state index contributed by atoms with van der Waals surface area (Å²) >= 11 is 0. The van der Waals surface area contributed by atoms with E-state index in [0.717, 1.165) is 22.4 Å². The second-order valence-corrected chi connectivity index (χ2v) is 7.01. The number of carbonyl (C=O) groups excluding carboxylic acids is 2. The summed E-state index contributed by atoms with van der Waals surface area (Å²) in [5.41, 5.74) is 3.35. The fraction of sp³-hybridized carbons (Fsp3) is 0.227. The van der Waals surface area contributed by atoms with Crippen LogP contribution in [0.2, 0.25) is 0 Å². The van der Waals surface area contributed by atoms with Crippen LogP contribution in [0, 0.1) is 6.92 Å². The molecule has 0 bridgehead atoms. The molecule has 0 saturated heterocycles. The molecular weight excluding hydrogens is 368 g/mol. The molecule has 2 N–H and O–H groups in total. The highest BCUT2D eigenvalue weighted by Gasteiger charge is 2.28. The first-order valence-corrected chi connectivity index (χ1v) is 9.40. The molecule has 0 radical (unpaired) electrons. The number of aromatic nitrogens is 2. The first-order chi connectivity index (χ1) is 14.0. The molecule has 4 rings (SSSR count). The monoisotopic (exact) mass is 390 g/mol. The molecule has 7 heteroatoms. The SMILES string of the molecule is COc1ccc(C2Cn3cc(C(=O)NCc4ccccc4C)nc3C(=O)N2)cc1. The Morgan fingerprint density at radius 3 is 2.72 bits per heavy atom. The Morgan fingerprint density at radius 2 is 2.00 bits per heavy atom. The Bertz CT molecular complexity index is 1060. The summed E-state index contributed by atoms with van der Waals surface area (Å²) in [7, 11) is 1.61. The van der Waals surface area contributed by atoms with Gasteiger partial charge in [0.15, 0.2) is 5.82 Å². The van der Waals surface area contributed by atoms with Crippen LogP contribution in [-0.4, -0.2) is 28.5 Å². The molecule has 2 heterocycles. The summed E-state index contributed by atoms with van der Waals surface area (Å²) in [6.45, 7) is 2.92. The van der Waals surface area contributed by atoms with E-state index in [9.17, 15) is 9.59 Å². The average Bonchev–Trinajstić information content (AvgIpc) is 3.18. The van der Waals surface area contributed by atoms with E-state index in [2.05, 4.69) is 15.6 Å². The number of hydrogen-bond acceptors (Lipinski definition) is 4. The van der Waals surface area contributed by atoms with Crippen LogP contribution in [-0.2, 0) is 13.1 Å². The molecule has 2 aromatic carbocycles. The number of fused-ring (bicyclic) bond motifs is 1. The molecule has 148 valence electrons. The van der Waals surface area contributed by atoms with E-state index in [4.69, 9.17) is 4.74 Å². The van der Waals surface area contributed by atoms with Gasteiger partial charge in [-0.15, -0.1) is 0 Å². The van der Waals surface area contributed by atoms with Gasteiger partial charge in [0.2, 0.25) is 0 Å². The minimum absolute atomic E-state index is 0.196. The molecule has 0 aliphatic carbocycles. The Labute approximate surface area is 168 Å². The van der Waals surface area contributed by atoms with Gasteiger partial charge in [0.1, 0.15) is 11.4 Å². The first kappa shape index (κ1) is 18.7. The van der Waals surface area contributed by atoms with Crippen LogP contribution >= 0.6 is 0 Å². The van der Waals surface area contributed by atoms with E-state index in [1.165, 1.54) is 0 Å². The quantitative estimate of drug-likeness (QED) is 0.701. The summed E-state index contributed by atoms with van der Waals surface area (Å²) in [5.74, 6) is 0.404. The highest BCUT2D eigenvalue weighted by molar-refractivity contribution is 5.96. The van der Waals surface area contributed by atoms with Crippen LogP contribution in [0.5, 0.6) is 5.75 Å². The molecule has 1 aliphatic rings. The highest BCUT2D eigenvalue weighted by Crippen LogP contribution is 2.23. The van der Waals surface area contributed by atoms with Gasteiger partial charge in [0.25, 0.3) is 11.8 Å². The van der Waals surface area contributed by atoms with Crippen LogP contribution in [0.25, 0.3) is 0 Å². The number of imidazole rings is 1. The van der Waals surface area contributed by atoms with Gasteiger partial charge in [-0.05, 0) is 35.7 Å². The zero-order chi connectivity index (χ0) is 20.4. The predicted molar refractivity (Wildman–Crippen MR) is 108 cm³/mol. The van der Waals surface area contributed by atoms with Crippen molar-refractivity contribution < 1.29 is 14.3 Å². The number of nitrogens with zero attached hydrogens (tertiary/aromatic N) is 2. The second-order valence-electron chi connectivity index (χ2n) is 7.01. The molecule has 29 heavy (non-hydrogen) atoms. The molecular formula is C22H22N4O3. The van der Waals surface area contributed by atoms with Gasteiger partial charge in [0, 0.05) is 19.3 Å². The van der Waals surface area contributed by atoms with Crippen LogP contribution in [0.4, 0.5) is 0 Å². The van der Waals surface area contributed by atoms with Crippen LogP contribution in [0.15, 0.2) is 54.7 Å². The maximum atomic E-state index is 12.5. The van der Waals surface area contributed by atoms with E-state index in [1.54, 1.807) is 17.9 Å². The third kappa shape index (κ3) is 3.85. The zero-order valence-electron chi connectivity index (χ0n) is 16.3. The Balaban J connectivity index is 1.48. The van der Waals surface area contributed by atoms with Gasteiger partial charge in [-0.2, -0.15) is 0 Å². The molecule has 3 aromatic rings. The van der Waals surface area contributed by atoms with E-state index in [0.29, 0.717) is 13.1 Å². The van der Waals surface area contributed by atoms with Crippen molar-refractivity contribution in [2.45, 2.75) is 26.1 Å². The van der Waals surface area contributed by atoms with Crippen LogP contribution in [0.1, 0.15) is 43.8 Å². The Morgan fingerprint density at radius 1 is 1.24 bits per heavy atom. The average molecular weight is 390 g/mol. The molecule has 0 saturated carbocycles. The van der Waals surface area contributed by atoms with Gasteiger partial charge >= 0.3 is 0 Å². The van der Waals surface area contributed by atoms with Crippen molar-refractivity contribution >= 4 is 11.8 Å². The summed E-state index contributed by atoms with van der Waals surface area (Å²) in [6, 6.07) is 15.2. The normalized spacial score (nSPS) is 15.4. The fourth-order valence-corrected chi connectivity index (χ4v) is 3.41. The number of aryl methyl sites for hydroxylation is 1. The number of hydrogen-bond donors (Lipinski definition) is 2. The van der Waals surface area contributed by atoms with Gasteiger partial charge in [-0.3, -0.25) is 9.59 Å². The lowest BCUT2D eigenvalue weighted by molar-refractivity contribution is 0.0894. The molecule has 0 fully saturated rings. The Kier molecular flexibility index (Phi) is 5.03. The van der Waals surface area contributed by atoms with E-state index >= 15 is 0 Å². The number of methoxy groups -OCH3 is 1. The standard InChI is InChI=1S/C22H22N4O3/c1-14-5-3-4-6-16(14)11-23-21(27)19-13-26-12-18(25-22(28)20(26)24-19)15-7-9-17(29-2)10-8-15/h3-10,13,18H,11-12H2,1-2H3,(H,23,27)(H,25,28). The van der Waals surface area contributed by atoms with Crippen molar-refractivity contribution in [2.24, 2.45) is 0 Å². The maximum absolute atomic E-state index is 12.5. The van der Waals surface area contributed by atoms with Crippen molar-refractivity contribution in [2.75, 3.05) is 7.11 Å². The predicted octanol–water partition coefficient (Wildman–Crippen LogP) is 2.61. The molecule has 7 nitrogen and oxygen atoms in total. The zero-order valence-corrected chi connectivity index (χ0v) is 16.3. The lowest BCUT2D eigenvalue weighted by atomic mass is 10.1. The van der Waals surface area contributed by atoms with Gasteiger partial charge in [-0.25, -0.2) is 4.98 Å². The summed E-state index contributed by atoms with van der Waals surface area (Å²) in [5, 5.41) is 5.82. The lowest BCUT2D eigenvalue weighted by Gasteiger charge is -2.25. The summed E-state index contributed by atoms with van der Waals surface area (Å²) in [6.07, 6.45) is 1.64. The summed E-state index contributed by atoms with van der Waals surface area (Å²) in [4.78, 5) is 29.3. The van der Waals surface area contributed by atoms with Crippen molar-refractivity contribution in [3.63, 3.8) is 0 Å². The van der Waals surface area contributed by atoms with Crippen molar-refractivity contribution in [1.82, 2.24) is 20.2 Å². The number of ether oxygens (including phenoxy) is 1. The van der Waals surface area contributed by atoms with E-state index < -0.39 is 0 Å². The molecule has 1 aliphatic heterocycles. The Hall–Kier alpha value is -3.61. The molecule has 1 atom stereocenters. The molecule has 2 amide bonds. The third-order valence-electron chi connectivity index (χ3n) is 5.12. The summed E-state index contributed by atoms with van der Waals surface area (Å²) < 4.78 is 6.91. The smallest absolute Gasteiger partial charge is 0.287 e. The topological polar surface area (TPSA) is 85.2 Å². The minimum Gasteiger partial charge on any atom is -0.497 e. The molecule has 0 spiro atoms. The van der Waals surface area contributed by atoms with Crippen molar-refractivity contribution in [3.05, 3.63) is 82.9 Å². The van der Waals surface area contributed by atoms with Gasteiger partial charge in [-0.1, -0.05) is 36.4 Å². The lowest BCUT2D eigenvalue weighted by Crippen LogP contribution is -2.38. The number of carbonyl (C=O) groups is 2. The number of benzene rings is 2. The van der Waals surface area contributed by atoms with E-state index in [-0.39, 0.29) is 29.4 Å². The highest BCUT2D eigenvalue weighted by atomic mass is 16.5. The second kappa shape index (κ2) is 7.79. The fourth-order valence-electron chi connectivity index (χ4n) is 3.41. The van der Waals surface area contributed by atoms with Crippen molar-refractivity contribution in [3.8, 4) is 5.75 Å². The van der Waals surface area contributed by atoms with E-state index in [1.807, 2.05) is 55.5 Å². The number of rotatable bonds is 5. The van der Waals surface area contributed by atoms with Gasteiger partial charge < -0.3 is 19.9 Å². The minimum atomic E-state index is -0.302. The van der Waals surface area contributed by atoms with Crippen LogP contribution in [0.3, 0.4) is 0 Å². The number of nitrogens with one attached hydrogen (secondary N) is 2. The molecule has 1 unspecified atom stereocenters.